The van der Waals surface area contributed by atoms with Gasteiger partial charge in [0.05, 0.1) is 10.6 Å². The molecule has 2 aromatic carbocycles. The standard InChI is InChI=1S/C14H7Cl2NO2/c15-11-2-3-12(16)14(6-11)19-13-4-1-9(8-18)5-10(13)7-17/h1-6,8H. The van der Waals surface area contributed by atoms with Gasteiger partial charge in [-0.05, 0) is 30.3 Å². The normalized spacial score (nSPS) is 9.74. The van der Waals surface area contributed by atoms with Gasteiger partial charge in [-0.25, -0.2) is 0 Å². The first-order valence-corrected chi connectivity index (χ1v) is 6.02. The van der Waals surface area contributed by atoms with E-state index in [0.717, 1.165) is 0 Å². The Bertz CT molecular complexity index is 678. The van der Waals surface area contributed by atoms with Crippen molar-refractivity contribution in [2.75, 3.05) is 0 Å². The molecule has 0 aliphatic heterocycles. The molecule has 0 aromatic heterocycles. The van der Waals surface area contributed by atoms with Gasteiger partial charge in [0.25, 0.3) is 0 Å². The van der Waals surface area contributed by atoms with E-state index in [0.29, 0.717) is 33.4 Å². The Morgan fingerprint density at radius 2 is 1.89 bits per heavy atom. The molecule has 19 heavy (non-hydrogen) atoms. The molecule has 0 atom stereocenters. The van der Waals surface area contributed by atoms with Crippen molar-refractivity contribution in [3.05, 3.63) is 57.6 Å². The van der Waals surface area contributed by atoms with Gasteiger partial charge >= 0.3 is 0 Å². The van der Waals surface area contributed by atoms with Gasteiger partial charge < -0.3 is 4.74 Å². The van der Waals surface area contributed by atoms with Gasteiger partial charge in [0, 0.05) is 16.7 Å². The van der Waals surface area contributed by atoms with E-state index in [2.05, 4.69) is 0 Å². The summed E-state index contributed by atoms with van der Waals surface area (Å²) in [5, 5.41) is 9.89. The summed E-state index contributed by atoms with van der Waals surface area (Å²) >= 11 is 11.8. The largest absolute Gasteiger partial charge is 0.454 e. The summed E-state index contributed by atoms with van der Waals surface area (Å²) < 4.78 is 5.56. The van der Waals surface area contributed by atoms with Crippen molar-refractivity contribution < 1.29 is 9.53 Å². The maximum atomic E-state index is 10.7. The third-order valence-corrected chi connectivity index (χ3v) is 2.92. The molecule has 5 heteroatoms. The van der Waals surface area contributed by atoms with Gasteiger partial charge in [-0.3, -0.25) is 4.79 Å². The number of nitrogens with zero attached hydrogens (tertiary/aromatic N) is 1. The predicted molar refractivity (Wildman–Crippen MR) is 73.1 cm³/mol. The van der Waals surface area contributed by atoms with E-state index in [1.807, 2.05) is 6.07 Å². The van der Waals surface area contributed by atoms with Crippen LogP contribution >= 0.6 is 23.2 Å². The highest BCUT2D eigenvalue weighted by Crippen LogP contribution is 2.33. The average Bonchev–Trinajstić information content (AvgIpc) is 2.43. The fourth-order valence-electron chi connectivity index (χ4n) is 1.47. The van der Waals surface area contributed by atoms with Crippen LogP contribution in [0, 0.1) is 11.3 Å². The van der Waals surface area contributed by atoms with Gasteiger partial charge in [-0.15, -0.1) is 0 Å². The summed E-state index contributed by atoms with van der Waals surface area (Å²) in [6.45, 7) is 0. The summed E-state index contributed by atoms with van der Waals surface area (Å²) in [5.74, 6) is 0.668. The monoisotopic (exact) mass is 291 g/mol. The number of hydrogen-bond donors (Lipinski definition) is 0. The Morgan fingerprint density at radius 3 is 2.58 bits per heavy atom. The van der Waals surface area contributed by atoms with Gasteiger partial charge in [-0.1, -0.05) is 23.2 Å². The summed E-state index contributed by atoms with van der Waals surface area (Å²) in [6.07, 6.45) is 0.664. The molecule has 0 spiro atoms. The smallest absolute Gasteiger partial charge is 0.150 e. The predicted octanol–water partition coefficient (Wildman–Crippen LogP) is 4.47. The number of hydrogen-bond acceptors (Lipinski definition) is 3. The van der Waals surface area contributed by atoms with E-state index in [1.54, 1.807) is 30.3 Å². The second-order valence-corrected chi connectivity index (χ2v) is 4.51. The molecule has 0 heterocycles. The van der Waals surface area contributed by atoms with Crippen LogP contribution in [0.5, 0.6) is 11.5 Å². The minimum absolute atomic E-state index is 0.251. The Kier molecular flexibility index (Phi) is 4.06. The highest BCUT2D eigenvalue weighted by atomic mass is 35.5. The summed E-state index contributed by atoms with van der Waals surface area (Å²) in [5.41, 5.74) is 0.654. The number of halogens is 2. The van der Waals surface area contributed by atoms with E-state index < -0.39 is 0 Å². The quantitative estimate of drug-likeness (QED) is 0.784. The van der Waals surface area contributed by atoms with E-state index in [-0.39, 0.29) is 5.56 Å². The van der Waals surface area contributed by atoms with Gasteiger partial charge in [-0.2, -0.15) is 5.26 Å². The van der Waals surface area contributed by atoms with E-state index in [9.17, 15) is 4.79 Å². The maximum absolute atomic E-state index is 10.7. The van der Waals surface area contributed by atoms with Crippen LogP contribution in [0.2, 0.25) is 10.0 Å². The van der Waals surface area contributed by atoms with Crippen molar-refractivity contribution in [1.29, 1.82) is 5.26 Å². The minimum atomic E-state index is 0.251. The highest BCUT2D eigenvalue weighted by molar-refractivity contribution is 6.34. The molecular weight excluding hydrogens is 285 g/mol. The zero-order chi connectivity index (χ0) is 13.8. The number of nitriles is 1. The van der Waals surface area contributed by atoms with Crippen LogP contribution in [0.1, 0.15) is 15.9 Å². The molecule has 2 rings (SSSR count). The molecule has 0 bridgehead atoms. The van der Waals surface area contributed by atoms with Crippen molar-refractivity contribution in [2.24, 2.45) is 0 Å². The first-order valence-electron chi connectivity index (χ1n) is 5.26. The lowest BCUT2D eigenvalue weighted by Gasteiger charge is -2.09. The van der Waals surface area contributed by atoms with Gasteiger partial charge in [0.2, 0.25) is 0 Å². The topological polar surface area (TPSA) is 50.1 Å². The van der Waals surface area contributed by atoms with Crippen LogP contribution in [0.4, 0.5) is 0 Å². The van der Waals surface area contributed by atoms with Crippen molar-refractivity contribution in [1.82, 2.24) is 0 Å². The van der Waals surface area contributed by atoms with Crippen molar-refractivity contribution in [3.63, 3.8) is 0 Å². The number of aldehydes is 1. The molecule has 2 aromatic rings. The molecule has 0 fully saturated rings. The van der Waals surface area contributed by atoms with Crippen LogP contribution < -0.4 is 4.74 Å². The molecule has 0 saturated carbocycles. The van der Waals surface area contributed by atoms with Crippen molar-refractivity contribution >= 4 is 29.5 Å². The summed E-state index contributed by atoms with van der Waals surface area (Å²) in [7, 11) is 0. The van der Waals surface area contributed by atoms with E-state index in [4.69, 9.17) is 33.2 Å². The minimum Gasteiger partial charge on any atom is -0.454 e. The number of carbonyl (C=O) groups excluding carboxylic acids is 1. The Morgan fingerprint density at radius 1 is 1.11 bits per heavy atom. The lowest BCUT2D eigenvalue weighted by molar-refractivity contribution is 0.112. The summed E-state index contributed by atoms with van der Waals surface area (Å²) in [4.78, 5) is 10.7. The maximum Gasteiger partial charge on any atom is 0.150 e. The molecule has 3 nitrogen and oxygen atoms in total. The zero-order valence-electron chi connectivity index (χ0n) is 9.56. The number of benzene rings is 2. The second kappa shape index (κ2) is 5.75. The van der Waals surface area contributed by atoms with E-state index >= 15 is 0 Å². The van der Waals surface area contributed by atoms with Crippen LogP contribution in [-0.4, -0.2) is 6.29 Å². The highest BCUT2D eigenvalue weighted by Gasteiger charge is 2.09. The van der Waals surface area contributed by atoms with Gasteiger partial charge in [0.1, 0.15) is 23.9 Å². The SMILES string of the molecule is N#Cc1cc(C=O)ccc1Oc1cc(Cl)ccc1Cl. The molecule has 0 N–H and O–H groups in total. The number of carbonyl (C=O) groups is 1. The third kappa shape index (κ3) is 3.05. The summed E-state index contributed by atoms with van der Waals surface area (Å²) in [6, 6.07) is 11.3. The van der Waals surface area contributed by atoms with Gasteiger partial charge in [0.15, 0.2) is 0 Å². The first kappa shape index (κ1) is 13.4. The second-order valence-electron chi connectivity index (χ2n) is 3.66. The average molecular weight is 292 g/mol. The van der Waals surface area contributed by atoms with Crippen LogP contribution in [0.25, 0.3) is 0 Å². The number of rotatable bonds is 3. The van der Waals surface area contributed by atoms with Crippen molar-refractivity contribution in [3.8, 4) is 17.6 Å². The molecule has 0 aliphatic carbocycles. The lowest BCUT2D eigenvalue weighted by atomic mass is 10.1. The Labute approximate surface area is 119 Å². The third-order valence-electron chi connectivity index (χ3n) is 2.37. The molecule has 0 amide bonds. The molecule has 0 unspecified atom stereocenters. The molecular formula is C14H7Cl2NO2. The molecule has 0 saturated heterocycles. The molecule has 94 valence electrons. The Hall–Kier alpha value is -2.02. The van der Waals surface area contributed by atoms with Crippen LogP contribution in [-0.2, 0) is 0 Å². The number of ether oxygens (including phenoxy) is 1. The Balaban J connectivity index is 2.41. The fourth-order valence-corrected chi connectivity index (χ4v) is 1.79. The first-order chi connectivity index (χ1) is 9.13. The van der Waals surface area contributed by atoms with Crippen LogP contribution in [0.3, 0.4) is 0 Å². The van der Waals surface area contributed by atoms with Crippen LogP contribution in [0.15, 0.2) is 36.4 Å². The van der Waals surface area contributed by atoms with E-state index in [1.165, 1.54) is 6.07 Å². The van der Waals surface area contributed by atoms with Crippen molar-refractivity contribution in [2.45, 2.75) is 0 Å². The molecule has 0 radical (unpaired) electrons. The molecule has 0 aliphatic rings. The fraction of sp³-hybridized carbons (Fsp3) is 0. The zero-order valence-corrected chi connectivity index (χ0v) is 11.1. The lowest BCUT2D eigenvalue weighted by Crippen LogP contribution is -1.91.